The van der Waals surface area contributed by atoms with E-state index in [-0.39, 0.29) is 23.8 Å². The molecule has 0 radical (unpaired) electrons. The number of allylic oxidation sites excluding steroid dienone is 2. The van der Waals surface area contributed by atoms with Crippen LogP contribution in [0.4, 0.5) is 0 Å². The lowest BCUT2D eigenvalue weighted by Crippen LogP contribution is -2.23. The van der Waals surface area contributed by atoms with Crippen LogP contribution in [0, 0.1) is 0 Å². The maximum Gasteiger partial charge on any atom is 0.340 e. The molecule has 0 amide bonds. The molecule has 3 rings (SSSR count). The number of hydrogen-bond acceptors (Lipinski definition) is 7. The summed E-state index contributed by atoms with van der Waals surface area (Å²) in [5.74, 6) is -1.26. The van der Waals surface area contributed by atoms with Crippen molar-refractivity contribution in [3.63, 3.8) is 0 Å². The van der Waals surface area contributed by atoms with Crippen molar-refractivity contribution in [2.45, 2.75) is 12.6 Å². The van der Waals surface area contributed by atoms with E-state index in [1.807, 2.05) is 59.8 Å². The van der Waals surface area contributed by atoms with E-state index >= 15 is 0 Å². The molecule has 1 unspecified atom stereocenters. The van der Waals surface area contributed by atoms with Crippen LogP contribution in [-0.4, -0.2) is 43.2 Å². The highest BCUT2D eigenvalue weighted by molar-refractivity contribution is 7.10. The second-order valence-electron chi connectivity index (χ2n) is 6.69. The Kier molecular flexibility index (Phi) is 6.87. The van der Waals surface area contributed by atoms with Crippen molar-refractivity contribution in [2.24, 2.45) is 0 Å². The zero-order chi connectivity index (χ0) is 21.7. The van der Waals surface area contributed by atoms with Gasteiger partial charge in [-0.05, 0) is 40.3 Å². The number of hydrogen-bond donors (Lipinski definition) is 1. The molecule has 0 fully saturated rings. The van der Waals surface area contributed by atoms with Gasteiger partial charge in [-0.1, -0.05) is 30.3 Å². The molecule has 1 aliphatic rings. The minimum absolute atomic E-state index is 0.0572. The van der Waals surface area contributed by atoms with Crippen molar-refractivity contribution in [1.29, 1.82) is 0 Å². The Morgan fingerprint density at radius 1 is 1.07 bits per heavy atom. The lowest BCUT2D eigenvalue weighted by Gasteiger charge is -2.27. The van der Waals surface area contributed by atoms with Crippen LogP contribution in [0.1, 0.15) is 22.0 Å². The number of thiophene rings is 1. The quantitative estimate of drug-likeness (QED) is 0.740. The third kappa shape index (κ3) is 4.53. The molecule has 1 N–H and O–H groups in total. The lowest BCUT2D eigenvalue weighted by molar-refractivity contribution is -0.139. The van der Waals surface area contributed by atoms with Crippen molar-refractivity contribution < 1.29 is 24.2 Å². The molecule has 1 aromatic heterocycles. The number of rotatable bonds is 5. The van der Waals surface area contributed by atoms with Crippen LogP contribution >= 0.6 is 11.3 Å². The summed E-state index contributed by atoms with van der Waals surface area (Å²) >= 11 is 1.60. The number of aliphatic hydroxyl groups excluding tert-OH is 1. The number of aliphatic hydroxyl groups is 1. The molecule has 0 bridgehead atoms. The number of benzene rings is 1. The van der Waals surface area contributed by atoms with Gasteiger partial charge in [0.05, 0.1) is 38.0 Å². The van der Waals surface area contributed by atoms with Crippen LogP contribution in [0.5, 0.6) is 0 Å². The van der Waals surface area contributed by atoms with E-state index in [4.69, 9.17) is 9.47 Å². The van der Waals surface area contributed by atoms with Crippen LogP contribution in [0.25, 0.3) is 5.57 Å². The van der Waals surface area contributed by atoms with E-state index in [0.717, 1.165) is 21.6 Å². The fraction of sp³-hybridized carbons (Fsp3) is 0.217. The zero-order valence-electron chi connectivity index (χ0n) is 17.0. The molecule has 156 valence electrons. The highest BCUT2D eigenvalue weighted by Gasteiger charge is 2.27. The van der Waals surface area contributed by atoms with Crippen LogP contribution < -0.4 is 0 Å². The van der Waals surface area contributed by atoms with Gasteiger partial charge >= 0.3 is 11.9 Å². The lowest BCUT2D eigenvalue weighted by atomic mass is 9.94. The Morgan fingerprint density at radius 2 is 1.73 bits per heavy atom. The van der Waals surface area contributed by atoms with Crippen LogP contribution in [0.15, 0.2) is 71.3 Å². The Hall–Kier alpha value is -3.16. The molecule has 7 heteroatoms. The summed E-state index contributed by atoms with van der Waals surface area (Å²) in [6.45, 7) is -0.0572. The number of methoxy groups -OCH3 is 2. The molecule has 1 atom stereocenters. The van der Waals surface area contributed by atoms with E-state index in [1.165, 1.54) is 14.2 Å². The van der Waals surface area contributed by atoms with Gasteiger partial charge < -0.3 is 19.5 Å². The van der Waals surface area contributed by atoms with E-state index < -0.39 is 11.9 Å². The predicted octanol–water partition coefficient (Wildman–Crippen LogP) is 3.47. The monoisotopic (exact) mass is 425 g/mol. The Bertz CT molecular complexity index is 1000. The summed E-state index contributed by atoms with van der Waals surface area (Å²) in [6.07, 6.45) is 5.30. The molecular formula is C23H23NO5S. The highest BCUT2D eigenvalue weighted by atomic mass is 32.1. The second kappa shape index (κ2) is 9.56. The zero-order valence-corrected chi connectivity index (χ0v) is 17.8. The van der Waals surface area contributed by atoms with E-state index in [2.05, 4.69) is 0 Å². The van der Waals surface area contributed by atoms with Crippen LogP contribution in [0.2, 0.25) is 0 Å². The number of carbonyl (C=O) groups is 2. The van der Waals surface area contributed by atoms with Gasteiger partial charge in [-0.2, -0.15) is 0 Å². The Balaban J connectivity index is 2.24. The number of likely N-dealkylation sites (N-methyl/N-ethyl adjacent to an activating group) is 1. The van der Waals surface area contributed by atoms with Gasteiger partial charge in [-0.3, -0.25) is 0 Å². The topological polar surface area (TPSA) is 76.1 Å². The SMILES string of the molecule is COC(=O)C1=C/C(c2ccc(CO)cc2)=C\C(c2cccs2)N(C)/C=C\1C(=O)OC. The third-order valence-corrected chi connectivity index (χ3v) is 5.76. The van der Waals surface area contributed by atoms with Crippen molar-refractivity contribution in [1.82, 2.24) is 4.90 Å². The van der Waals surface area contributed by atoms with E-state index in [9.17, 15) is 14.7 Å². The van der Waals surface area contributed by atoms with Crippen LogP contribution in [0.3, 0.4) is 0 Å². The maximum atomic E-state index is 12.5. The minimum Gasteiger partial charge on any atom is -0.465 e. The first-order valence-corrected chi connectivity index (χ1v) is 10.1. The summed E-state index contributed by atoms with van der Waals surface area (Å²) in [5, 5.41) is 11.3. The highest BCUT2D eigenvalue weighted by Crippen LogP contribution is 2.34. The number of carbonyl (C=O) groups excluding carboxylic acids is 2. The van der Waals surface area contributed by atoms with Crippen molar-refractivity contribution in [2.75, 3.05) is 21.3 Å². The van der Waals surface area contributed by atoms with Gasteiger partial charge in [0, 0.05) is 18.1 Å². The van der Waals surface area contributed by atoms with Gasteiger partial charge in [-0.25, -0.2) is 9.59 Å². The first-order chi connectivity index (χ1) is 14.5. The summed E-state index contributed by atoms with van der Waals surface area (Å²) in [5.41, 5.74) is 2.60. The van der Waals surface area contributed by atoms with Gasteiger partial charge in [0.1, 0.15) is 0 Å². The maximum absolute atomic E-state index is 12.5. The number of ether oxygens (including phenoxy) is 2. The van der Waals surface area contributed by atoms with Gasteiger partial charge in [0.25, 0.3) is 0 Å². The van der Waals surface area contributed by atoms with Crippen molar-refractivity contribution in [3.05, 3.63) is 87.3 Å². The average Bonchev–Trinajstić information content (AvgIpc) is 3.30. The number of nitrogens with zero attached hydrogens (tertiary/aromatic N) is 1. The molecular weight excluding hydrogens is 402 g/mol. The summed E-state index contributed by atoms with van der Waals surface area (Å²) in [7, 11) is 4.39. The molecule has 0 aliphatic carbocycles. The number of esters is 2. The smallest absolute Gasteiger partial charge is 0.340 e. The summed E-state index contributed by atoms with van der Waals surface area (Å²) in [6, 6.07) is 11.2. The van der Waals surface area contributed by atoms with E-state index in [0.29, 0.717) is 0 Å². The molecule has 30 heavy (non-hydrogen) atoms. The van der Waals surface area contributed by atoms with Gasteiger partial charge in [-0.15, -0.1) is 11.3 Å². The predicted molar refractivity (Wildman–Crippen MR) is 115 cm³/mol. The second-order valence-corrected chi connectivity index (χ2v) is 7.67. The Labute approximate surface area is 179 Å². The van der Waals surface area contributed by atoms with Crippen molar-refractivity contribution >= 4 is 28.8 Å². The standard InChI is InChI=1S/C23H23NO5S/c1-24-13-19(23(27)29-3)18(22(26)28-2)11-17(12-20(24)21-5-4-10-30-21)16-8-6-15(14-25)7-9-16/h4-13,20,25H,14H2,1-3H3/b17-12+,18-11+,19-13+. The third-order valence-electron chi connectivity index (χ3n) is 4.81. The molecule has 0 saturated carbocycles. The van der Waals surface area contributed by atoms with Crippen LogP contribution in [-0.2, 0) is 25.7 Å². The molecule has 2 heterocycles. The fourth-order valence-corrected chi connectivity index (χ4v) is 4.04. The Morgan fingerprint density at radius 3 is 2.30 bits per heavy atom. The molecule has 1 aromatic carbocycles. The fourth-order valence-electron chi connectivity index (χ4n) is 3.20. The normalized spacial score (nSPS) is 21.8. The molecule has 2 aromatic rings. The molecule has 0 saturated heterocycles. The minimum atomic E-state index is -0.632. The molecule has 0 spiro atoms. The molecule has 6 nitrogen and oxygen atoms in total. The summed E-state index contributed by atoms with van der Waals surface area (Å²) < 4.78 is 9.86. The van der Waals surface area contributed by atoms with Gasteiger partial charge in [0.2, 0.25) is 0 Å². The van der Waals surface area contributed by atoms with Crippen molar-refractivity contribution in [3.8, 4) is 0 Å². The summed E-state index contributed by atoms with van der Waals surface area (Å²) in [4.78, 5) is 28.0. The first-order valence-electron chi connectivity index (χ1n) is 9.26. The first kappa shape index (κ1) is 21.5. The average molecular weight is 426 g/mol. The largest absolute Gasteiger partial charge is 0.465 e. The molecule has 1 aliphatic heterocycles. The van der Waals surface area contributed by atoms with E-state index in [1.54, 1.807) is 23.6 Å². The van der Waals surface area contributed by atoms with Gasteiger partial charge in [0.15, 0.2) is 0 Å².